The van der Waals surface area contributed by atoms with E-state index in [1.165, 1.54) is 6.08 Å². The van der Waals surface area contributed by atoms with Crippen molar-refractivity contribution < 1.29 is 32.3 Å². The maximum Gasteiger partial charge on any atom is 0.370 e. The Bertz CT molecular complexity index is 889. The Morgan fingerprint density at radius 3 is 1.44 bits per heavy atom. The summed E-state index contributed by atoms with van der Waals surface area (Å²) in [4.78, 5) is 0. The Morgan fingerprint density at radius 1 is 0.794 bits per heavy atom. The predicted molar refractivity (Wildman–Crippen MR) is 140 cm³/mol. The van der Waals surface area contributed by atoms with Gasteiger partial charge in [0.25, 0.3) is 0 Å². The summed E-state index contributed by atoms with van der Waals surface area (Å²) in [7, 11) is -8.28. The summed E-state index contributed by atoms with van der Waals surface area (Å²) in [6.45, 7) is 21.6. The largest absolute Gasteiger partial charge is 0.507 e. The first-order chi connectivity index (χ1) is 15.3. The quantitative estimate of drug-likeness (QED) is 0.294. The lowest BCUT2D eigenvalue weighted by Crippen LogP contribution is -2.15. The Morgan fingerprint density at radius 2 is 1.15 bits per heavy atom. The molecule has 0 amide bonds. The molecule has 196 valence electrons. The van der Waals surface area contributed by atoms with E-state index in [4.69, 9.17) is 18.1 Å². The van der Waals surface area contributed by atoms with E-state index in [0.717, 1.165) is 0 Å². The molecule has 0 radical (unpaired) electrons. The van der Waals surface area contributed by atoms with Gasteiger partial charge in [0.1, 0.15) is 5.75 Å². The molecule has 1 aromatic rings. The Labute approximate surface area is 206 Å². The summed E-state index contributed by atoms with van der Waals surface area (Å²) in [5.74, 6) is 0.186. The summed E-state index contributed by atoms with van der Waals surface area (Å²) in [5, 5.41) is 10.5. The highest BCUT2D eigenvalue weighted by molar-refractivity contribution is 7.79. The first kappa shape index (κ1) is 31.1. The lowest BCUT2D eigenvalue weighted by molar-refractivity contribution is 0.138. The lowest BCUT2D eigenvalue weighted by atomic mass is 9.84. The normalized spacial score (nSPS) is 13.4. The molecule has 0 unspecified atom stereocenters. The number of phenolic OH excluding ortho intramolecular Hbond substituents is 1. The Kier molecular flexibility index (Phi) is 10.8. The van der Waals surface area contributed by atoms with Crippen LogP contribution < -0.4 is 0 Å². The topological polar surface area (TPSA) is 91.3 Å². The molecule has 1 N–H and O–H groups in total. The molecule has 0 fully saturated rings. The van der Waals surface area contributed by atoms with E-state index in [-0.39, 0.29) is 16.2 Å². The number of hydrogen-bond acceptors (Lipinski definition) is 7. The van der Waals surface area contributed by atoms with Gasteiger partial charge in [0, 0.05) is 5.56 Å². The molecule has 0 atom stereocenters. The molecular formula is C25H44O7P2. The van der Waals surface area contributed by atoms with Gasteiger partial charge in [-0.05, 0) is 97.1 Å². The summed E-state index contributed by atoms with van der Waals surface area (Å²) in [6.07, 6.45) is -0.409. The van der Waals surface area contributed by atoms with Crippen LogP contribution in [-0.4, -0.2) is 29.5 Å². The standard InChI is InChI=1S/C25H44O7P2/c1-16(2)29-33(27,30-17(3)4)23(34(28,31-18(5)6)32-19(7)8)15-21-13-20(9)24(26)22(14-21)25(10,11)12/h13-19,26H,1-12H3. The van der Waals surface area contributed by atoms with Gasteiger partial charge in [-0.2, -0.15) is 0 Å². The molecule has 34 heavy (non-hydrogen) atoms. The number of hydrogen-bond donors (Lipinski definition) is 1. The molecule has 0 saturated carbocycles. The van der Waals surface area contributed by atoms with Crippen LogP contribution in [0.15, 0.2) is 17.2 Å². The highest BCUT2D eigenvalue weighted by Crippen LogP contribution is 2.75. The second-order valence-corrected chi connectivity index (χ2v) is 14.7. The molecule has 0 aliphatic carbocycles. The van der Waals surface area contributed by atoms with E-state index < -0.39 is 39.6 Å². The second kappa shape index (κ2) is 11.9. The fraction of sp³-hybridized carbons (Fsp3) is 0.680. The van der Waals surface area contributed by atoms with Gasteiger partial charge in [-0.1, -0.05) is 20.8 Å². The fourth-order valence-electron chi connectivity index (χ4n) is 3.30. The van der Waals surface area contributed by atoms with E-state index in [1.54, 1.807) is 74.4 Å². The van der Waals surface area contributed by atoms with Crippen molar-refractivity contribution >= 4 is 21.3 Å². The molecule has 0 bridgehead atoms. The summed E-state index contributed by atoms with van der Waals surface area (Å²) < 4.78 is 51.9. The molecule has 0 aliphatic rings. The molecule has 0 spiro atoms. The van der Waals surface area contributed by atoms with E-state index in [0.29, 0.717) is 16.7 Å². The van der Waals surface area contributed by atoms with Crippen molar-refractivity contribution in [2.24, 2.45) is 0 Å². The first-order valence-corrected chi connectivity index (χ1v) is 14.9. The third kappa shape index (κ3) is 8.62. The maximum absolute atomic E-state index is 14.3. The maximum atomic E-state index is 14.3. The van der Waals surface area contributed by atoms with Gasteiger partial charge in [-0.25, -0.2) is 0 Å². The molecule has 9 heteroatoms. The van der Waals surface area contributed by atoms with Crippen LogP contribution in [0.2, 0.25) is 0 Å². The van der Waals surface area contributed by atoms with Gasteiger partial charge >= 0.3 is 15.2 Å². The smallest absolute Gasteiger partial charge is 0.370 e. The van der Waals surface area contributed by atoms with Crippen LogP contribution >= 0.6 is 15.2 Å². The van der Waals surface area contributed by atoms with Crippen LogP contribution in [0.4, 0.5) is 0 Å². The Balaban J connectivity index is 4.05. The van der Waals surface area contributed by atoms with Gasteiger partial charge in [-0.3, -0.25) is 9.13 Å². The Hall–Kier alpha value is -0.940. The third-order valence-corrected chi connectivity index (χ3v) is 10.0. The fourth-order valence-corrected chi connectivity index (χ4v) is 8.43. The number of rotatable bonds is 11. The molecule has 1 rings (SSSR count). The average Bonchev–Trinajstić information content (AvgIpc) is 2.58. The molecule has 0 aromatic heterocycles. The number of phenols is 1. The zero-order valence-corrected chi connectivity index (χ0v) is 24.6. The minimum atomic E-state index is -4.14. The van der Waals surface area contributed by atoms with Crippen molar-refractivity contribution in [1.29, 1.82) is 0 Å². The third-order valence-electron chi connectivity index (χ3n) is 4.39. The van der Waals surface area contributed by atoms with Crippen molar-refractivity contribution in [2.45, 2.75) is 113 Å². The van der Waals surface area contributed by atoms with Crippen molar-refractivity contribution in [3.8, 4) is 5.75 Å². The van der Waals surface area contributed by atoms with E-state index in [2.05, 4.69) is 0 Å². The van der Waals surface area contributed by atoms with Crippen molar-refractivity contribution in [3.63, 3.8) is 0 Å². The summed E-state index contributed by atoms with van der Waals surface area (Å²) in [5.41, 5.74) is 1.55. The lowest BCUT2D eigenvalue weighted by Gasteiger charge is -2.31. The summed E-state index contributed by atoms with van der Waals surface area (Å²) >= 11 is 0. The van der Waals surface area contributed by atoms with Gasteiger partial charge in [0.2, 0.25) is 0 Å². The van der Waals surface area contributed by atoms with Crippen LogP contribution in [0.3, 0.4) is 0 Å². The molecule has 0 saturated heterocycles. The molecule has 0 heterocycles. The molecule has 7 nitrogen and oxygen atoms in total. The van der Waals surface area contributed by atoms with Crippen LogP contribution in [0.1, 0.15) is 92.9 Å². The van der Waals surface area contributed by atoms with Crippen LogP contribution in [0, 0.1) is 6.92 Å². The van der Waals surface area contributed by atoms with Crippen molar-refractivity contribution in [2.75, 3.05) is 0 Å². The van der Waals surface area contributed by atoms with Crippen LogP contribution in [-0.2, 0) is 32.6 Å². The molecular weight excluding hydrogens is 474 g/mol. The van der Waals surface area contributed by atoms with Gasteiger partial charge in [-0.15, -0.1) is 0 Å². The SMILES string of the molecule is Cc1cc(C=C(P(=O)(OC(C)C)OC(C)C)P(=O)(OC(C)C)OC(C)C)cc(C(C)(C)C)c1O. The van der Waals surface area contributed by atoms with Crippen LogP contribution in [0.25, 0.3) is 6.08 Å². The monoisotopic (exact) mass is 518 g/mol. The molecule has 1 aromatic carbocycles. The second-order valence-electron chi connectivity index (χ2n) is 10.6. The predicted octanol–water partition coefficient (Wildman–Crippen LogP) is 8.38. The zero-order chi connectivity index (χ0) is 26.6. The van der Waals surface area contributed by atoms with E-state index in [1.807, 2.05) is 20.8 Å². The zero-order valence-electron chi connectivity index (χ0n) is 22.8. The number of benzene rings is 1. The average molecular weight is 519 g/mol. The van der Waals surface area contributed by atoms with Crippen molar-refractivity contribution in [1.82, 2.24) is 0 Å². The highest BCUT2D eigenvalue weighted by Gasteiger charge is 2.48. The van der Waals surface area contributed by atoms with E-state index in [9.17, 15) is 14.2 Å². The minimum Gasteiger partial charge on any atom is -0.507 e. The van der Waals surface area contributed by atoms with Crippen LogP contribution in [0.5, 0.6) is 5.75 Å². The highest BCUT2D eigenvalue weighted by atomic mass is 31.2. The number of aromatic hydroxyl groups is 1. The van der Waals surface area contributed by atoms with Gasteiger partial charge in [0.05, 0.1) is 24.4 Å². The summed E-state index contributed by atoms with van der Waals surface area (Å²) in [6, 6.07) is 3.52. The van der Waals surface area contributed by atoms with Crippen molar-refractivity contribution in [3.05, 3.63) is 33.9 Å². The molecule has 0 aliphatic heterocycles. The first-order valence-electron chi connectivity index (χ1n) is 11.8. The van der Waals surface area contributed by atoms with Gasteiger partial charge < -0.3 is 23.2 Å². The minimum absolute atomic E-state index is 0.158. The van der Waals surface area contributed by atoms with Gasteiger partial charge in [0.15, 0.2) is 5.06 Å². The number of aryl methyl sites for hydroxylation is 1. The van der Waals surface area contributed by atoms with E-state index >= 15 is 0 Å².